The number of thioether (sulfide) groups is 1. The summed E-state index contributed by atoms with van der Waals surface area (Å²) >= 11 is 2.31. The first-order chi connectivity index (χ1) is 15.8. The van der Waals surface area contributed by atoms with Gasteiger partial charge in [0.2, 0.25) is 5.91 Å². The van der Waals surface area contributed by atoms with Gasteiger partial charge in [0.15, 0.2) is 5.16 Å². The highest BCUT2D eigenvalue weighted by atomic mass is 32.2. The van der Waals surface area contributed by atoms with Crippen LogP contribution in [-0.2, 0) is 11.0 Å². The summed E-state index contributed by atoms with van der Waals surface area (Å²) in [7, 11) is 1.49. The van der Waals surface area contributed by atoms with E-state index in [9.17, 15) is 22.8 Å². The van der Waals surface area contributed by atoms with Gasteiger partial charge in [0.1, 0.15) is 10.4 Å². The van der Waals surface area contributed by atoms with Crippen molar-refractivity contribution in [3.05, 3.63) is 75.9 Å². The molecule has 0 fully saturated rings. The summed E-state index contributed by atoms with van der Waals surface area (Å²) in [5.41, 5.74) is 0.145. The van der Waals surface area contributed by atoms with Crippen molar-refractivity contribution in [2.24, 2.45) is 0 Å². The molecule has 2 heterocycles. The van der Waals surface area contributed by atoms with E-state index in [-0.39, 0.29) is 22.2 Å². The SMILES string of the molecule is COc1ccccc1-n1c(SCC(=O)Nc2ccc(C(F)(F)F)cc2)nc2ccsc2c1=O. The molecule has 170 valence electrons. The number of para-hydroxylation sites is 2. The lowest BCUT2D eigenvalue weighted by Crippen LogP contribution is -2.22. The van der Waals surface area contributed by atoms with Crippen LogP contribution >= 0.6 is 23.1 Å². The minimum Gasteiger partial charge on any atom is -0.495 e. The molecule has 11 heteroatoms. The molecule has 4 aromatic rings. The molecule has 0 unspecified atom stereocenters. The zero-order chi connectivity index (χ0) is 23.6. The molecule has 0 spiro atoms. The van der Waals surface area contributed by atoms with E-state index in [4.69, 9.17) is 4.74 Å². The molecule has 1 amide bonds. The minimum atomic E-state index is -4.45. The molecule has 0 aliphatic heterocycles. The van der Waals surface area contributed by atoms with Crippen LogP contribution in [-0.4, -0.2) is 28.3 Å². The number of carbonyl (C=O) groups excluding carboxylic acids is 1. The van der Waals surface area contributed by atoms with Crippen LogP contribution in [0.15, 0.2) is 69.9 Å². The van der Waals surface area contributed by atoms with Crippen LogP contribution in [0.5, 0.6) is 5.75 Å². The maximum Gasteiger partial charge on any atom is 0.416 e. The maximum absolute atomic E-state index is 13.2. The van der Waals surface area contributed by atoms with Gasteiger partial charge in [0.25, 0.3) is 5.56 Å². The van der Waals surface area contributed by atoms with Crippen molar-refractivity contribution in [1.82, 2.24) is 9.55 Å². The molecule has 0 aliphatic carbocycles. The van der Waals surface area contributed by atoms with Gasteiger partial charge in [-0.2, -0.15) is 13.2 Å². The van der Waals surface area contributed by atoms with Gasteiger partial charge in [-0.25, -0.2) is 4.98 Å². The standard InChI is InChI=1S/C22H16F3N3O3S2/c1-31-17-5-3-2-4-16(17)28-20(30)19-15(10-11-32-19)27-21(28)33-12-18(29)26-14-8-6-13(7-9-14)22(23,24)25/h2-11H,12H2,1H3,(H,26,29). The Balaban J connectivity index is 1.60. The molecule has 33 heavy (non-hydrogen) atoms. The Hall–Kier alpha value is -3.31. The lowest BCUT2D eigenvalue weighted by Gasteiger charge is -2.15. The number of hydrogen-bond acceptors (Lipinski definition) is 6. The van der Waals surface area contributed by atoms with Gasteiger partial charge in [-0.15, -0.1) is 11.3 Å². The Morgan fingerprint density at radius 2 is 1.88 bits per heavy atom. The van der Waals surface area contributed by atoms with Gasteiger partial charge in [-0.05, 0) is 47.8 Å². The highest BCUT2D eigenvalue weighted by Crippen LogP contribution is 2.30. The number of halogens is 3. The summed E-state index contributed by atoms with van der Waals surface area (Å²) < 4.78 is 45.4. The van der Waals surface area contributed by atoms with Gasteiger partial charge in [0, 0.05) is 5.69 Å². The Labute approximate surface area is 194 Å². The van der Waals surface area contributed by atoms with Crippen molar-refractivity contribution >= 4 is 44.9 Å². The second-order valence-electron chi connectivity index (χ2n) is 6.75. The number of methoxy groups -OCH3 is 1. The van der Waals surface area contributed by atoms with Crippen LogP contribution < -0.4 is 15.6 Å². The van der Waals surface area contributed by atoms with E-state index in [0.29, 0.717) is 21.7 Å². The number of rotatable bonds is 6. The Bertz CT molecular complexity index is 1370. The summed E-state index contributed by atoms with van der Waals surface area (Å²) in [6.45, 7) is 0. The Kier molecular flexibility index (Phi) is 6.43. The van der Waals surface area contributed by atoms with Crippen LogP contribution in [0, 0.1) is 0 Å². The first-order valence-corrected chi connectivity index (χ1v) is 11.4. The Morgan fingerprint density at radius 1 is 1.15 bits per heavy atom. The highest BCUT2D eigenvalue weighted by molar-refractivity contribution is 7.99. The van der Waals surface area contributed by atoms with Crippen molar-refractivity contribution in [1.29, 1.82) is 0 Å². The molecule has 0 aliphatic rings. The topological polar surface area (TPSA) is 73.2 Å². The lowest BCUT2D eigenvalue weighted by atomic mass is 10.2. The fraction of sp³-hybridized carbons (Fsp3) is 0.136. The third kappa shape index (κ3) is 4.88. The van der Waals surface area contributed by atoms with Crippen LogP contribution in [0.2, 0.25) is 0 Å². The van der Waals surface area contributed by atoms with Crippen LogP contribution in [0.25, 0.3) is 15.9 Å². The van der Waals surface area contributed by atoms with Crippen LogP contribution in [0.1, 0.15) is 5.56 Å². The number of benzene rings is 2. The second-order valence-corrected chi connectivity index (χ2v) is 8.61. The van der Waals surface area contributed by atoms with Gasteiger partial charge < -0.3 is 10.1 Å². The third-order valence-electron chi connectivity index (χ3n) is 4.60. The van der Waals surface area contributed by atoms with Gasteiger partial charge in [-0.1, -0.05) is 23.9 Å². The number of alkyl halides is 3. The van der Waals surface area contributed by atoms with Crippen molar-refractivity contribution in [3.63, 3.8) is 0 Å². The summed E-state index contributed by atoms with van der Waals surface area (Å²) in [5, 5.41) is 4.61. The molecule has 2 aromatic carbocycles. The minimum absolute atomic E-state index is 0.113. The Morgan fingerprint density at radius 3 is 2.58 bits per heavy atom. The fourth-order valence-electron chi connectivity index (χ4n) is 3.09. The molecule has 0 radical (unpaired) electrons. The van der Waals surface area contributed by atoms with Gasteiger partial charge >= 0.3 is 6.18 Å². The number of anilines is 1. The molecule has 0 saturated carbocycles. The number of ether oxygens (including phenoxy) is 1. The number of thiophene rings is 1. The van der Waals surface area contributed by atoms with Crippen LogP contribution in [0.4, 0.5) is 18.9 Å². The van der Waals surface area contributed by atoms with E-state index in [2.05, 4.69) is 10.3 Å². The fourth-order valence-corrected chi connectivity index (χ4v) is 4.65. The van der Waals surface area contributed by atoms with E-state index in [1.807, 2.05) is 0 Å². The second kappa shape index (κ2) is 9.28. The first kappa shape index (κ1) is 22.9. The number of amides is 1. The third-order valence-corrected chi connectivity index (χ3v) is 6.43. The molecule has 6 nitrogen and oxygen atoms in total. The monoisotopic (exact) mass is 491 g/mol. The quantitative estimate of drug-likeness (QED) is 0.296. The molecular formula is C22H16F3N3O3S2. The highest BCUT2D eigenvalue weighted by Gasteiger charge is 2.30. The summed E-state index contributed by atoms with van der Waals surface area (Å²) in [6, 6.07) is 12.9. The summed E-state index contributed by atoms with van der Waals surface area (Å²) in [4.78, 5) is 30.2. The average molecular weight is 492 g/mol. The zero-order valence-corrected chi connectivity index (χ0v) is 18.7. The molecule has 4 rings (SSSR count). The number of nitrogens with one attached hydrogen (secondary N) is 1. The predicted molar refractivity (Wildman–Crippen MR) is 123 cm³/mol. The van der Waals surface area contributed by atoms with Crippen molar-refractivity contribution in [3.8, 4) is 11.4 Å². The first-order valence-electron chi connectivity index (χ1n) is 9.51. The molecule has 1 N–H and O–H groups in total. The van der Waals surface area contributed by atoms with Gasteiger partial charge in [0.05, 0.1) is 29.6 Å². The normalized spacial score (nSPS) is 11.5. The summed E-state index contributed by atoms with van der Waals surface area (Å²) in [6.07, 6.45) is -4.45. The molecular weight excluding hydrogens is 475 g/mol. The van der Waals surface area contributed by atoms with Crippen LogP contribution in [0.3, 0.4) is 0 Å². The number of hydrogen-bond donors (Lipinski definition) is 1. The predicted octanol–water partition coefficient (Wildman–Crippen LogP) is 5.21. The zero-order valence-electron chi connectivity index (χ0n) is 17.1. The number of fused-ring (bicyclic) bond motifs is 1. The van der Waals surface area contributed by atoms with Crippen molar-refractivity contribution in [2.45, 2.75) is 11.3 Å². The van der Waals surface area contributed by atoms with E-state index in [0.717, 1.165) is 23.9 Å². The number of aromatic nitrogens is 2. The summed E-state index contributed by atoms with van der Waals surface area (Å²) in [5.74, 6) is -0.0995. The van der Waals surface area contributed by atoms with E-state index >= 15 is 0 Å². The molecule has 0 atom stereocenters. The van der Waals surface area contributed by atoms with Crippen molar-refractivity contribution < 1.29 is 22.7 Å². The smallest absolute Gasteiger partial charge is 0.416 e. The number of carbonyl (C=O) groups is 1. The molecule has 2 aromatic heterocycles. The van der Waals surface area contributed by atoms with E-state index < -0.39 is 17.6 Å². The van der Waals surface area contributed by atoms with E-state index in [1.165, 1.54) is 35.1 Å². The number of nitrogens with zero attached hydrogens (tertiary/aromatic N) is 2. The van der Waals surface area contributed by atoms with Gasteiger partial charge in [-0.3, -0.25) is 14.2 Å². The molecule has 0 bridgehead atoms. The van der Waals surface area contributed by atoms with Crippen molar-refractivity contribution in [2.75, 3.05) is 18.2 Å². The lowest BCUT2D eigenvalue weighted by molar-refractivity contribution is -0.137. The largest absolute Gasteiger partial charge is 0.495 e. The average Bonchev–Trinajstić information content (AvgIpc) is 3.26. The van der Waals surface area contributed by atoms with E-state index in [1.54, 1.807) is 35.7 Å². The molecule has 0 saturated heterocycles. The maximum atomic E-state index is 13.2.